The molecule has 0 saturated heterocycles. The van der Waals surface area contributed by atoms with Crippen LogP contribution in [0.4, 0.5) is 5.95 Å². The van der Waals surface area contributed by atoms with Gasteiger partial charge in [-0.05, 0) is 37.6 Å². The zero-order valence-electron chi connectivity index (χ0n) is 17.3. The summed E-state index contributed by atoms with van der Waals surface area (Å²) in [4.78, 5) is 29.7. The number of nitrogens with one attached hydrogen (secondary N) is 1. The number of nitrogens with zero attached hydrogens (tertiary/aromatic N) is 5. The molecule has 4 aromatic rings. The van der Waals surface area contributed by atoms with Crippen LogP contribution in [0.2, 0.25) is 0 Å². The van der Waals surface area contributed by atoms with Crippen molar-refractivity contribution in [2.75, 3.05) is 18.5 Å². The summed E-state index contributed by atoms with van der Waals surface area (Å²) in [5.74, 6) is 0.239. The Hall–Kier alpha value is -3.59. The molecule has 2 aromatic carbocycles. The lowest BCUT2D eigenvalue weighted by atomic mass is 10.2. The van der Waals surface area contributed by atoms with E-state index in [1.54, 1.807) is 24.3 Å². The highest BCUT2D eigenvalue weighted by Crippen LogP contribution is 2.20. The molecule has 0 saturated carbocycles. The Morgan fingerprint density at radius 2 is 1.84 bits per heavy atom. The normalized spacial score (nSPS) is 11.3. The van der Waals surface area contributed by atoms with Crippen molar-refractivity contribution in [2.24, 2.45) is 0 Å². The van der Waals surface area contributed by atoms with Crippen LogP contribution in [0.15, 0.2) is 53.3 Å². The Bertz CT molecular complexity index is 1260. The van der Waals surface area contributed by atoms with Crippen molar-refractivity contribution in [3.8, 4) is 0 Å². The number of carbonyl (C=O) groups excluding carboxylic acids is 1. The van der Waals surface area contributed by atoms with Crippen LogP contribution in [0.1, 0.15) is 19.8 Å². The van der Waals surface area contributed by atoms with Gasteiger partial charge in [-0.2, -0.15) is 0 Å². The number of ether oxygens (including phenoxy) is 1. The van der Waals surface area contributed by atoms with Crippen LogP contribution in [-0.4, -0.2) is 43.7 Å². The molecule has 1 N–H and O–H groups in total. The second-order valence-corrected chi connectivity index (χ2v) is 7.06. The molecule has 31 heavy (non-hydrogen) atoms. The van der Waals surface area contributed by atoms with Crippen molar-refractivity contribution in [1.82, 2.24) is 24.5 Å². The molecule has 9 nitrogen and oxygen atoms in total. The number of aryl methyl sites for hydroxylation is 2. The first kappa shape index (κ1) is 20.7. The molecule has 0 fully saturated rings. The molecule has 4 rings (SSSR count). The molecule has 0 unspecified atom stereocenters. The van der Waals surface area contributed by atoms with Crippen LogP contribution >= 0.6 is 0 Å². The number of imidazole rings is 1. The largest absolute Gasteiger partial charge is 0.382 e. The molecular weight excluding hydrogens is 396 g/mol. The summed E-state index contributed by atoms with van der Waals surface area (Å²) in [6.45, 7) is 4.08. The van der Waals surface area contributed by atoms with E-state index in [9.17, 15) is 9.59 Å². The molecular formula is C22H24N6O3. The molecule has 0 aliphatic carbocycles. The van der Waals surface area contributed by atoms with E-state index in [0.29, 0.717) is 36.6 Å². The minimum atomic E-state index is -0.262. The highest BCUT2D eigenvalue weighted by atomic mass is 16.5. The maximum absolute atomic E-state index is 12.6. The number of para-hydroxylation sites is 2. The highest BCUT2D eigenvalue weighted by Gasteiger charge is 2.14. The third kappa shape index (κ3) is 4.61. The van der Waals surface area contributed by atoms with Gasteiger partial charge in [0.25, 0.3) is 5.56 Å². The predicted molar refractivity (Wildman–Crippen MR) is 118 cm³/mol. The SMILES string of the molecule is CCOCCCn1c(NC(=O)CCn2nnc3ccccc3c2=O)nc2ccccc21. The van der Waals surface area contributed by atoms with E-state index in [2.05, 4.69) is 20.6 Å². The maximum atomic E-state index is 12.6. The van der Waals surface area contributed by atoms with Crippen molar-refractivity contribution in [3.63, 3.8) is 0 Å². The first-order chi connectivity index (χ1) is 15.2. The fourth-order valence-electron chi connectivity index (χ4n) is 3.43. The van der Waals surface area contributed by atoms with Gasteiger partial charge >= 0.3 is 0 Å². The summed E-state index contributed by atoms with van der Waals surface area (Å²) in [5, 5.41) is 11.3. The standard InChI is InChI=1S/C22H24N6O3/c1-2-31-15-7-13-27-19-11-6-5-10-18(19)23-22(27)24-20(29)12-14-28-21(30)16-8-3-4-9-17(16)25-26-28/h3-6,8-11H,2,7,12-15H2,1H3,(H,23,24,29). The lowest BCUT2D eigenvalue weighted by Gasteiger charge is -2.10. The van der Waals surface area contributed by atoms with Crippen molar-refractivity contribution in [3.05, 3.63) is 58.9 Å². The van der Waals surface area contributed by atoms with Crippen LogP contribution in [0.3, 0.4) is 0 Å². The molecule has 0 aliphatic heterocycles. The van der Waals surface area contributed by atoms with E-state index in [0.717, 1.165) is 17.5 Å². The fourth-order valence-corrected chi connectivity index (χ4v) is 3.43. The maximum Gasteiger partial charge on any atom is 0.277 e. The van der Waals surface area contributed by atoms with Gasteiger partial charge in [-0.3, -0.25) is 14.9 Å². The van der Waals surface area contributed by atoms with E-state index < -0.39 is 0 Å². The van der Waals surface area contributed by atoms with Gasteiger partial charge in [0, 0.05) is 26.2 Å². The molecule has 0 radical (unpaired) electrons. The number of hydrogen-bond acceptors (Lipinski definition) is 6. The number of carbonyl (C=O) groups is 1. The first-order valence-electron chi connectivity index (χ1n) is 10.3. The number of amides is 1. The molecule has 0 atom stereocenters. The van der Waals surface area contributed by atoms with E-state index in [-0.39, 0.29) is 24.4 Å². The van der Waals surface area contributed by atoms with Gasteiger partial charge in [-0.15, -0.1) is 5.10 Å². The van der Waals surface area contributed by atoms with Gasteiger partial charge < -0.3 is 9.30 Å². The van der Waals surface area contributed by atoms with E-state index >= 15 is 0 Å². The van der Waals surface area contributed by atoms with Gasteiger partial charge in [0.05, 0.1) is 23.0 Å². The van der Waals surface area contributed by atoms with Gasteiger partial charge in [-0.1, -0.05) is 29.5 Å². The monoisotopic (exact) mass is 420 g/mol. The summed E-state index contributed by atoms with van der Waals surface area (Å²) < 4.78 is 8.62. The average molecular weight is 420 g/mol. The quantitative estimate of drug-likeness (QED) is 0.418. The van der Waals surface area contributed by atoms with Gasteiger partial charge in [0.15, 0.2) is 0 Å². The van der Waals surface area contributed by atoms with Gasteiger partial charge in [-0.25, -0.2) is 9.67 Å². The van der Waals surface area contributed by atoms with E-state index in [1.165, 1.54) is 4.68 Å². The smallest absolute Gasteiger partial charge is 0.277 e. The number of anilines is 1. The summed E-state index contributed by atoms with van der Waals surface area (Å²) in [5.41, 5.74) is 2.03. The van der Waals surface area contributed by atoms with E-state index in [1.807, 2.05) is 35.8 Å². The Morgan fingerprint density at radius 3 is 2.68 bits per heavy atom. The number of rotatable bonds is 9. The fraction of sp³-hybridized carbons (Fsp3) is 0.318. The van der Waals surface area contributed by atoms with Crippen molar-refractivity contribution >= 4 is 33.8 Å². The summed E-state index contributed by atoms with van der Waals surface area (Å²) in [6.07, 6.45) is 0.883. The van der Waals surface area contributed by atoms with Crippen molar-refractivity contribution in [2.45, 2.75) is 32.9 Å². The zero-order valence-corrected chi connectivity index (χ0v) is 17.3. The van der Waals surface area contributed by atoms with Crippen molar-refractivity contribution < 1.29 is 9.53 Å². The summed E-state index contributed by atoms with van der Waals surface area (Å²) >= 11 is 0. The molecule has 0 bridgehead atoms. The first-order valence-corrected chi connectivity index (χ1v) is 10.3. The molecule has 0 aliphatic rings. The molecule has 160 valence electrons. The summed E-state index contributed by atoms with van der Waals surface area (Å²) in [6, 6.07) is 14.8. The Morgan fingerprint density at radius 1 is 1.06 bits per heavy atom. The lowest BCUT2D eigenvalue weighted by molar-refractivity contribution is -0.116. The molecule has 0 spiro atoms. The Kier molecular flexibility index (Phi) is 6.32. The average Bonchev–Trinajstić information content (AvgIpc) is 3.13. The predicted octanol–water partition coefficient (Wildman–Crippen LogP) is 2.60. The number of hydrogen-bond donors (Lipinski definition) is 1. The minimum absolute atomic E-state index is 0.0785. The Balaban J connectivity index is 1.47. The third-order valence-corrected chi connectivity index (χ3v) is 4.96. The molecule has 2 heterocycles. The minimum Gasteiger partial charge on any atom is -0.382 e. The van der Waals surface area contributed by atoms with Crippen LogP contribution in [0, 0.1) is 0 Å². The topological polar surface area (TPSA) is 104 Å². The summed E-state index contributed by atoms with van der Waals surface area (Å²) in [7, 11) is 0. The molecule has 9 heteroatoms. The second kappa shape index (κ2) is 9.48. The molecule has 1 amide bonds. The third-order valence-electron chi connectivity index (χ3n) is 4.96. The van der Waals surface area contributed by atoms with Crippen LogP contribution in [0.25, 0.3) is 21.9 Å². The highest BCUT2D eigenvalue weighted by molar-refractivity contribution is 5.91. The van der Waals surface area contributed by atoms with Crippen LogP contribution in [-0.2, 0) is 22.6 Å². The van der Waals surface area contributed by atoms with Gasteiger partial charge in [0.2, 0.25) is 11.9 Å². The number of benzene rings is 2. The Labute approximate surface area is 178 Å². The number of fused-ring (bicyclic) bond motifs is 2. The van der Waals surface area contributed by atoms with Crippen LogP contribution < -0.4 is 10.9 Å². The van der Waals surface area contributed by atoms with Crippen molar-refractivity contribution in [1.29, 1.82) is 0 Å². The zero-order chi connectivity index (χ0) is 21.6. The lowest BCUT2D eigenvalue weighted by Crippen LogP contribution is -2.27. The van der Waals surface area contributed by atoms with E-state index in [4.69, 9.17) is 4.74 Å². The second-order valence-electron chi connectivity index (χ2n) is 7.06. The van der Waals surface area contributed by atoms with Gasteiger partial charge in [0.1, 0.15) is 5.52 Å². The number of aromatic nitrogens is 5. The molecule has 2 aromatic heterocycles. The van der Waals surface area contributed by atoms with Crippen LogP contribution in [0.5, 0.6) is 0 Å².